The summed E-state index contributed by atoms with van der Waals surface area (Å²) in [5.41, 5.74) is 9.43. The van der Waals surface area contributed by atoms with Gasteiger partial charge in [-0.25, -0.2) is 9.97 Å². The Hall–Kier alpha value is -3.25. The van der Waals surface area contributed by atoms with Crippen LogP contribution in [0.25, 0.3) is 11.1 Å². The van der Waals surface area contributed by atoms with Crippen molar-refractivity contribution in [2.24, 2.45) is 4.99 Å². The first-order chi connectivity index (χ1) is 16.4. The summed E-state index contributed by atoms with van der Waals surface area (Å²) >= 11 is 0. The van der Waals surface area contributed by atoms with Crippen molar-refractivity contribution in [3.05, 3.63) is 64.6 Å². The molecule has 0 saturated carbocycles. The van der Waals surface area contributed by atoms with Crippen molar-refractivity contribution >= 4 is 17.2 Å². The fourth-order valence-electron chi connectivity index (χ4n) is 4.88. The van der Waals surface area contributed by atoms with Gasteiger partial charge in [0.25, 0.3) is 0 Å². The first-order valence-corrected chi connectivity index (χ1v) is 12.1. The van der Waals surface area contributed by atoms with Crippen LogP contribution in [0.5, 0.6) is 5.75 Å². The summed E-state index contributed by atoms with van der Waals surface area (Å²) in [6.45, 7) is 9.31. The maximum Gasteiger partial charge on any atom is 0.144 e. The Bertz CT molecular complexity index is 1260. The van der Waals surface area contributed by atoms with E-state index in [0.29, 0.717) is 6.61 Å². The molecule has 0 radical (unpaired) electrons. The van der Waals surface area contributed by atoms with Gasteiger partial charge in [-0.15, -0.1) is 0 Å². The Kier molecular flexibility index (Phi) is 6.09. The summed E-state index contributed by atoms with van der Waals surface area (Å²) in [6.07, 6.45) is 1.85. The molecule has 3 heterocycles. The minimum atomic E-state index is 0.632. The highest BCUT2D eigenvalue weighted by Gasteiger charge is 2.22. The van der Waals surface area contributed by atoms with Gasteiger partial charge in [0.15, 0.2) is 0 Å². The SMILES string of the molecule is CCc1nc(CN(C)C)nc(N2CCOc3ccc(-c4ccc5c(c4)N=C(C)C5)cc3C2)c1C. The molecule has 0 spiro atoms. The van der Waals surface area contributed by atoms with Crippen molar-refractivity contribution in [1.82, 2.24) is 14.9 Å². The van der Waals surface area contributed by atoms with Crippen molar-refractivity contribution in [3.8, 4) is 16.9 Å². The fraction of sp³-hybridized carbons (Fsp3) is 0.393. The van der Waals surface area contributed by atoms with Gasteiger partial charge in [-0.05, 0) is 69.3 Å². The molecule has 0 aliphatic carbocycles. The van der Waals surface area contributed by atoms with E-state index >= 15 is 0 Å². The van der Waals surface area contributed by atoms with Crippen LogP contribution in [0.1, 0.15) is 42.1 Å². The van der Waals surface area contributed by atoms with Crippen LogP contribution in [-0.4, -0.2) is 47.8 Å². The summed E-state index contributed by atoms with van der Waals surface area (Å²) < 4.78 is 6.16. The van der Waals surface area contributed by atoms with Gasteiger partial charge in [0.1, 0.15) is 24.0 Å². The van der Waals surface area contributed by atoms with Crippen molar-refractivity contribution in [3.63, 3.8) is 0 Å². The van der Waals surface area contributed by atoms with Gasteiger partial charge in [0.05, 0.1) is 18.8 Å². The van der Waals surface area contributed by atoms with E-state index in [9.17, 15) is 0 Å². The average molecular weight is 456 g/mol. The summed E-state index contributed by atoms with van der Waals surface area (Å²) in [7, 11) is 4.11. The third kappa shape index (κ3) is 4.42. The highest BCUT2D eigenvalue weighted by atomic mass is 16.5. The molecule has 5 rings (SSSR count). The number of nitrogens with zero attached hydrogens (tertiary/aromatic N) is 5. The molecule has 2 aliphatic heterocycles. The van der Waals surface area contributed by atoms with Crippen LogP contribution >= 0.6 is 0 Å². The van der Waals surface area contributed by atoms with Crippen molar-refractivity contribution in [1.29, 1.82) is 0 Å². The molecule has 0 saturated heterocycles. The first-order valence-electron chi connectivity index (χ1n) is 12.1. The molecule has 0 fully saturated rings. The average Bonchev–Trinajstić information content (AvgIpc) is 3.05. The van der Waals surface area contributed by atoms with Gasteiger partial charge in [-0.3, -0.25) is 4.99 Å². The summed E-state index contributed by atoms with van der Waals surface area (Å²) in [5, 5.41) is 0. The summed E-state index contributed by atoms with van der Waals surface area (Å²) in [6, 6.07) is 13.2. The number of fused-ring (bicyclic) bond motifs is 2. The quantitative estimate of drug-likeness (QED) is 0.534. The Morgan fingerprint density at radius 1 is 1.00 bits per heavy atom. The number of rotatable bonds is 5. The van der Waals surface area contributed by atoms with E-state index in [1.807, 2.05) is 0 Å². The largest absolute Gasteiger partial charge is 0.491 e. The first kappa shape index (κ1) is 22.5. The predicted molar refractivity (Wildman–Crippen MR) is 138 cm³/mol. The molecule has 6 nitrogen and oxygen atoms in total. The van der Waals surface area contributed by atoms with Crippen LogP contribution in [0.4, 0.5) is 11.5 Å². The van der Waals surface area contributed by atoms with Crippen LogP contribution in [0.3, 0.4) is 0 Å². The number of anilines is 1. The molecule has 34 heavy (non-hydrogen) atoms. The molecular weight excluding hydrogens is 422 g/mol. The molecule has 2 aliphatic rings. The molecule has 176 valence electrons. The summed E-state index contributed by atoms with van der Waals surface area (Å²) in [5.74, 6) is 2.85. The number of aryl methyl sites for hydroxylation is 1. The number of benzene rings is 2. The zero-order chi connectivity index (χ0) is 23.8. The van der Waals surface area contributed by atoms with Crippen LogP contribution in [0.2, 0.25) is 0 Å². The van der Waals surface area contributed by atoms with E-state index in [-0.39, 0.29) is 0 Å². The van der Waals surface area contributed by atoms with Crippen LogP contribution < -0.4 is 9.64 Å². The molecule has 6 heteroatoms. The molecule has 0 unspecified atom stereocenters. The third-order valence-corrected chi connectivity index (χ3v) is 6.58. The Balaban J connectivity index is 1.49. The molecule has 3 aromatic rings. The smallest absolute Gasteiger partial charge is 0.144 e. The van der Waals surface area contributed by atoms with Gasteiger partial charge in [-0.2, -0.15) is 0 Å². The van der Waals surface area contributed by atoms with Gasteiger partial charge >= 0.3 is 0 Å². The number of hydrogen-bond donors (Lipinski definition) is 0. The van der Waals surface area contributed by atoms with Gasteiger partial charge < -0.3 is 14.5 Å². The molecule has 0 amide bonds. The molecule has 0 N–H and O–H groups in total. The van der Waals surface area contributed by atoms with E-state index in [1.165, 1.54) is 28.0 Å². The van der Waals surface area contributed by atoms with Crippen LogP contribution in [0, 0.1) is 6.92 Å². The minimum absolute atomic E-state index is 0.632. The highest BCUT2D eigenvalue weighted by Crippen LogP contribution is 2.35. The molecule has 0 atom stereocenters. The lowest BCUT2D eigenvalue weighted by atomic mass is 9.99. The monoisotopic (exact) mass is 455 g/mol. The highest BCUT2D eigenvalue weighted by molar-refractivity contribution is 5.93. The van der Waals surface area contributed by atoms with E-state index in [2.05, 4.69) is 81.1 Å². The second-order valence-corrected chi connectivity index (χ2v) is 9.59. The number of ether oxygens (including phenoxy) is 1. The second kappa shape index (κ2) is 9.18. The van der Waals surface area contributed by atoms with Crippen LogP contribution in [0.15, 0.2) is 41.4 Å². The molecule has 0 bridgehead atoms. The Labute approximate surface area is 202 Å². The number of hydrogen-bond acceptors (Lipinski definition) is 6. The van der Waals surface area contributed by atoms with Crippen LogP contribution in [-0.2, 0) is 25.9 Å². The molecule has 2 aromatic carbocycles. The maximum absolute atomic E-state index is 6.16. The van der Waals surface area contributed by atoms with Crippen molar-refractivity contribution in [2.45, 2.75) is 46.7 Å². The normalized spacial score (nSPS) is 15.0. The van der Waals surface area contributed by atoms with Crippen molar-refractivity contribution < 1.29 is 4.74 Å². The maximum atomic E-state index is 6.16. The second-order valence-electron chi connectivity index (χ2n) is 9.59. The van der Waals surface area contributed by atoms with Crippen molar-refractivity contribution in [2.75, 3.05) is 32.1 Å². The predicted octanol–water partition coefficient (Wildman–Crippen LogP) is 5.12. The zero-order valence-corrected chi connectivity index (χ0v) is 20.9. The van der Waals surface area contributed by atoms with Gasteiger partial charge in [-0.1, -0.05) is 25.1 Å². The molecule has 1 aromatic heterocycles. The fourth-order valence-corrected chi connectivity index (χ4v) is 4.88. The lowest BCUT2D eigenvalue weighted by Crippen LogP contribution is -2.28. The summed E-state index contributed by atoms with van der Waals surface area (Å²) in [4.78, 5) is 19.0. The van der Waals surface area contributed by atoms with E-state index in [4.69, 9.17) is 19.7 Å². The zero-order valence-electron chi connectivity index (χ0n) is 20.9. The lowest BCUT2D eigenvalue weighted by Gasteiger charge is -2.25. The lowest BCUT2D eigenvalue weighted by molar-refractivity contribution is 0.331. The standard InChI is InChI=1S/C28H33N5O/c1-6-24-19(3)28(31-27(30-24)17-32(4)5)33-11-12-34-26-10-9-20(14-23(26)16-33)21-7-8-22-13-18(2)29-25(22)15-21/h7-10,14-15H,6,11-13,16-17H2,1-5H3. The van der Waals surface area contributed by atoms with E-state index < -0.39 is 0 Å². The van der Waals surface area contributed by atoms with Gasteiger partial charge in [0.2, 0.25) is 0 Å². The Morgan fingerprint density at radius 2 is 1.79 bits per heavy atom. The third-order valence-electron chi connectivity index (χ3n) is 6.58. The minimum Gasteiger partial charge on any atom is -0.491 e. The van der Waals surface area contributed by atoms with E-state index in [1.54, 1.807) is 0 Å². The van der Waals surface area contributed by atoms with Gasteiger partial charge in [0, 0.05) is 35.5 Å². The number of aliphatic imine (C=N–C) groups is 1. The topological polar surface area (TPSA) is 53.9 Å². The number of aromatic nitrogens is 2. The van der Waals surface area contributed by atoms with E-state index in [0.717, 1.165) is 66.8 Å². The Morgan fingerprint density at radius 3 is 2.59 bits per heavy atom. The molecular formula is C28H33N5O.